The lowest BCUT2D eigenvalue weighted by Crippen LogP contribution is -2.31. The lowest BCUT2D eigenvalue weighted by atomic mass is 10.1. The van der Waals surface area contributed by atoms with Crippen molar-refractivity contribution in [1.82, 2.24) is 5.32 Å². The molecule has 0 aromatic heterocycles. The molecule has 0 bridgehead atoms. The van der Waals surface area contributed by atoms with Crippen molar-refractivity contribution in [3.05, 3.63) is 65.7 Å². The Morgan fingerprint density at radius 1 is 1.14 bits per heavy atom. The van der Waals surface area contributed by atoms with E-state index in [9.17, 15) is 9.90 Å². The molecule has 110 valence electrons. The number of rotatable bonds is 6. The van der Waals surface area contributed by atoms with Crippen LogP contribution in [0.4, 0.5) is 0 Å². The first-order chi connectivity index (χ1) is 10.2. The molecule has 1 amide bonds. The van der Waals surface area contributed by atoms with E-state index in [1.54, 1.807) is 7.11 Å². The van der Waals surface area contributed by atoms with Crippen LogP contribution in [0.15, 0.2) is 54.6 Å². The molecule has 0 saturated carbocycles. The molecule has 21 heavy (non-hydrogen) atoms. The summed E-state index contributed by atoms with van der Waals surface area (Å²) in [6.07, 6.45) is 0.271. The van der Waals surface area contributed by atoms with Gasteiger partial charge in [-0.3, -0.25) is 4.79 Å². The maximum absolute atomic E-state index is 12.1. The van der Waals surface area contributed by atoms with Gasteiger partial charge in [-0.2, -0.15) is 0 Å². The van der Waals surface area contributed by atoms with E-state index in [0.717, 1.165) is 16.9 Å². The number of aliphatic hydroxyl groups is 1. The van der Waals surface area contributed by atoms with Crippen molar-refractivity contribution >= 4 is 5.91 Å². The van der Waals surface area contributed by atoms with Crippen molar-refractivity contribution < 1.29 is 14.6 Å². The van der Waals surface area contributed by atoms with Gasteiger partial charge in [-0.15, -0.1) is 0 Å². The van der Waals surface area contributed by atoms with Gasteiger partial charge in [-0.25, -0.2) is 0 Å². The molecule has 2 aromatic carbocycles. The Labute approximate surface area is 124 Å². The number of aliphatic hydroxyl groups excluding tert-OH is 1. The van der Waals surface area contributed by atoms with Gasteiger partial charge in [0, 0.05) is 0 Å². The highest BCUT2D eigenvalue weighted by atomic mass is 16.5. The number of amides is 1. The Bertz CT molecular complexity index is 566. The summed E-state index contributed by atoms with van der Waals surface area (Å²) in [5, 5.41) is 12.3. The summed E-state index contributed by atoms with van der Waals surface area (Å²) in [6, 6.07) is 16.4. The zero-order valence-electron chi connectivity index (χ0n) is 12.0. The summed E-state index contributed by atoms with van der Waals surface area (Å²) >= 11 is 0. The van der Waals surface area contributed by atoms with Crippen molar-refractivity contribution in [3.8, 4) is 5.75 Å². The Morgan fingerprint density at radius 2 is 1.81 bits per heavy atom. The Hall–Kier alpha value is -2.33. The zero-order valence-corrected chi connectivity index (χ0v) is 12.0. The van der Waals surface area contributed by atoms with E-state index in [0.29, 0.717) is 0 Å². The van der Waals surface area contributed by atoms with Crippen molar-refractivity contribution in [2.45, 2.75) is 12.5 Å². The van der Waals surface area contributed by atoms with Crippen LogP contribution < -0.4 is 10.1 Å². The molecule has 4 heteroatoms. The predicted octanol–water partition coefficient (Wildman–Crippen LogP) is 2.09. The zero-order chi connectivity index (χ0) is 15.1. The van der Waals surface area contributed by atoms with Crippen LogP contribution in [0.5, 0.6) is 5.75 Å². The molecule has 4 nitrogen and oxygen atoms in total. The number of hydrogen-bond acceptors (Lipinski definition) is 3. The maximum Gasteiger partial charge on any atom is 0.224 e. The number of nitrogens with one attached hydrogen (secondary N) is 1. The molecule has 2 rings (SSSR count). The number of benzene rings is 2. The molecule has 0 unspecified atom stereocenters. The number of hydrogen-bond donors (Lipinski definition) is 2. The standard InChI is InChI=1S/C17H19NO3/c1-21-15-9-7-13(8-10-15)11-17(20)18-16(12-19)14-5-3-2-4-6-14/h2-10,16,19H,11-12H2,1H3,(H,18,20)/t16-/m1/s1. The van der Waals surface area contributed by atoms with Crippen LogP contribution >= 0.6 is 0 Å². The highest BCUT2D eigenvalue weighted by Crippen LogP contribution is 2.14. The summed E-state index contributed by atoms with van der Waals surface area (Å²) in [6.45, 7) is -0.127. The van der Waals surface area contributed by atoms with Crippen LogP contribution in [0, 0.1) is 0 Å². The van der Waals surface area contributed by atoms with Crippen LogP contribution in [-0.2, 0) is 11.2 Å². The summed E-state index contributed by atoms with van der Waals surface area (Å²) in [5.41, 5.74) is 1.79. The first kappa shape index (κ1) is 15.1. The SMILES string of the molecule is COc1ccc(CC(=O)N[C@H](CO)c2ccccc2)cc1. The van der Waals surface area contributed by atoms with Crippen molar-refractivity contribution in [3.63, 3.8) is 0 Å². The van der Waals surface area contributed by atoms with Gasteiger partial charge in [-0.05, 0) is 23.3 Å². The molecule has 0 heterocycles. The van der Waals surface area contributed by atoms with E-state index in [4.69, 9.17) is 4.74 Å². The second kappa shape index (κ2) is 7.45. The second-order valence-corrected chi connectivity index (χ2v) is 4.74. The fourth-order valence-electron chi connectivity index (χ4n) is 2.09. The summed E-state index contributed by atoms with van der Waals surface area (Å²) in [7, 11) is 1.60. The summed E-state index contributed by atoms with van der Waals surface area (Å²) in [5.74, 6) is 0.639. The first-order valence-electron chi connectivity index (χ1n) is 6.81. The van der Waals surface area contributed by atoms with E-state index in [1.807, 2.05) is 54.6 Å². The number of ether oxygens (including phenoxy) is 1. The smallest absolute Gasteiger partial charge is 0.224 e. The molecule has 0 aliphatic carbocycles. The largest absolute Gasteiger partial charge is 0.497 e. The molecular weight excluding hydrogens is 266 g/mol. The van der Waals surface area contributed by atoms with Crippen molar-refractivity contribution in [1.29, 1.82) is 0 Å². The van der Waals surface area contributed by atoms with E-state index in [1.165, 1.54) is 0 Å². The third kappa shape index (κ3) is 4.33. The fraction of sp³-hybridized carbons (Fsp3) is 0.235. The van der Waals surface area contributed by atoms with Gasteiger partial charge in [0.05, 0.1) is 26.2 Å². The minimum absolute atomic E-state index is 0.122. The van der Waals surface area contributed by atoms with Crippen molar-refractivity contribution in [2.24, 2.45) is 0 Å². The van der Waals surface area contributed by atoms with Gasteiger partial charge >= 0.3 is 0 Å². The maximum atomic E-state index is 12.1. The lowest BCUT2D eigenvalue weighted by Gasteiger charge is -2.16. The normalized spacial score (nSPS) is 11.7. The van der Waals surface area contributed by atoms with Crippen LogP contribution in [0.2, 0.25) is 0 Å². The second-order valence-electron chi connectivity index (χ2n) is 4.74. The van der Waals surface area contributed by atoms with Gasteiger partial charge < -0.3 is 15.2 Å². The molecule has 0 radical (unpaired) electrons. The third-order valence-corrected chi connectivity index (χ3v) is 3.24. The van der Waals surface area contributed by atoms with Gasteiger partial charge in [0.25, 0.3) is 0 Å². The molecule has 0 aliphatic heterocycles. The van der Waals surface area contributed by atoms with Crippen LogP contribution in [-0.4, -0.2) is 24.7 Å². The van der Waals surface area contributed by atoms with Gasteiger partial charge in [0.15, 0.2) is 0 Å². The minimum Gasteiger partial charge on any atom is -0.497 e. The average Bonchev–Trinajstić information content (AvgIpc) is 2.54. The number of carbonyl (C=O) groups is 1. The van der Waals surface area contributed by atoms with E-state index >= 15 is 0 Å². The summed E-state index contributed by atoms with van der Waals surface area (Å²) in [4.78, 5) is 12.1. The van der Waals surface area contributed by atoms with E-state index in [2.05, 4.69) is 5.32 Å². The summed E-state index contributed by atoms with van der Waals surface area (Å²) < 4.78 is 5.08. The van der Waals surface area contributed by atoms with E-state index in [-0.39, 0.29) is 25.0 Å². The lowest BCUT2D eigenvalue weighted by molar-refractivity contribution is -0.121. The molecule has 0 aliphatic rings. The Balaban J connectivity index is 1.96. The number of carbonyl (C=O) groups excluding carboxylic acids is 1. The molecule has 0 fully saturated rings. The molecular formula is C17H19NO3. The molecule has 0 spiro atoms. The number of methoxy groups -OCH3 is 1. The van der Waals surface area contributed by atoms with Gasteiger partial charge in [0.1, 0.15) is 5.75 Å². The molecule has 1 atom stereocenters. The fourth-order valence-corrected chi connectivity index (χ4v) is 2.09. The third-order valence-electron chi connectivity index (χ3n) is 3.24. The topological polar surface area (TPSA) is 58.6 Å². The van der Waals surface area contributed by atoms with Crippen LogP contribution in [0.25, 0.3) is 0 Å². The highest BCUT2D eigenvalue weighted by Gasteiger charge is 2.13. The van der Waals surface area contributed by atoms with Crippen LogP contribution in [0.3, 0.4) is 0 Å². The Kier molecular flexibility index (Phi) is 5.35. The average molecular weight is 285 g/mol. The predicted molar refractivity (Wildman–Crippen MR) is 81.1 cm³/mol. The molecule has 2 N–H and O–H groups in total. The van der Waals surface area contributed by atoms with Crippen LogP contribution in [0.1, 0.15) is 17.2 Å². The monoisotopic (exact) mass is 285 g/mol. The first-order valence-corrected chi connectivity index (χ1v) is 6.81. The minimum atomic E-state index is -0.378. The van der Waals surface area contributed by atoms with E-state index < -0.39 is 0 Å². The van der Waals surface area contributed by atoms with Gasteiger partial charge in [0.2, 0.25) is 5.91 Å². The quantitative estimate of drug-likeness (QED) is 0.854. The Morgan fingerprint density at radius 3 is 2.38 bits per heavy atom. The molecule has 0 saturated heterocycles. The van der Waals surface area contributed by atoms with Gasteiger partial charge in [-0.1, -0.05) is 42.5 Å². The van der Waals surface area contributed by atoms with Crippen molar-refractivity contribution in [2.75, 3.05) is 13.7 Å². The molecule has 2 aromatic rings. The highest BCUT2D eigenvalue weighted by molar-refractivity contribution is 5.79.